The summed E-state index contributed by atoms with van der Waals surface area (Å²) in [6, 6.07) is 20.4. The van der Waals surface area contributed by atoms with Gasteiger partial charge in [0.25, 0.3) is 0 Å². The zero-order chi connectivity index (χ0) is 25.6. The van der Waals surface area contributed by atoms with Crippen LogP contribution in [-0.2, 0) is 17.5 Å². The lowest BCUT2D eigenvalue weighted by molar-refractivity contribution is 0.276. The maximum atomic E-state index is 6.56. The van der Waals surface area contributed by atoms with Gasteiger partial charge in [0.2, 0.25) is 0 Å². The molecule has 0 saturated carbocycles. The first-order valence-corrected chi connectivity index (χ1v) is 14.8. The van der Waals surface area contributed by atoms with E-state index in [2.05, 4.69) is 69.5 Å². The molecule has 0 radical (unpaired) electrons. The van der Waals surface area contributed by atoms with E-state index >= 15 is 0 Å². The molecule has 0 saturated heterocycles. The van der Waals surface area contributed by atoms with E-state index < -0.39 is 8.32 Å². The molecular formula is C29H39NO4Si. The van der Waals surface area contributed by atoms with Crippen molar-refractivity contribution in [3.05, 3.63) is 77.4 Å². The van der Waals surface area contributed by atoms with Gasteiger partial charge in [-0.1, -0.05) is 39.0 Å². The van der Waals surface area contributed by atoms with E-state index in [1.54, 1.807) is 21.3 Å². The summed E-state index contributed by atoms with van der Waals surface area (Å²) in [6.45, 7) is 11.8. The standard InChI is InChI=1S/C29H39NO4Si/c1-29(2,3)35(7,8)34-20-23-18-25(32-5)14-15-27(23)30-28-19-26(33-6)13-12-22(28)16-21-10-9-11-24(17-21)31-4/h9-15,17-19,30H,16,20H2,1-8H3. The molecule has 0 spiro atoms. The molecule has 0 bridgehead atoms. The first-order chi connectivity index (χ1) is 16.6. The average molecular weight is 494 g/mol. The van der Waals surface area contributed by atoms with Crippen LogP contribution in [-0.4, -0.2) is 29.6 Å². The highest BCUT2D eigenvalue weighted by Crippen LogP contribution is 2.38. The molecule has 6 heteroatoms. The van der Waals surface area contributed by atoms with Crippen LogP contribution in [0, 0.1) is 0 Å². The Morgan fingerprint density at radius 1 is 0.714 bits per heavy atom. The SMILES string of the molecule is COc1cccc(Cc2ccc(OC)cc2Nc2ccc(OC)cc2CO[Si](C)(C)C(C)(C)C)c1. The van der Waals surface area contributed by atoms with Crippen molar-refractivity contribution in [3.8, 4) is 17.2 Å². The van der Waals surface area contributed by atoms with Gasteiger partial charge in [-0.05, 0) is 72.1 Å². The van der Waals surface area contributed by atoms with Gasteiger partial charge in [-0.15, -0.1) is 0 Å². The second kappa shape index (κ2) is 11.2. The lowest BCUT2D eigenvalue weighted by Crippen LogP contribution is -2.40. The molecule has 0 aliphatic carbocycles. The Morgan fingerprint density at radius 3 is 2.00 bits per heavy atom. The topological polar surface area (TPSA) is 49.0 Å². The van der Waals surface area contributed by atoms with E-state index in [9.17, 15) is 0 Å². The maximum absolute atomic E-state index is 6.56. The van der Waals surface area contributed by atoms with E-state index in [-0.39, 0.29) is 5.04 Å². The van der Waals surface area contributed by atoms with Crippen molar-refractivity contribution in [1.29, 1.82) is 0 Å². The van der Waals surface area contributed by atoms with Crippen LogP contribution in [0.25, 0.3) is 0 Å². The van der Waals surface area contributed by atoms with Gasteiger partial charge >= 0.3 is 0 Å². The van der Waals surface area contributed by atoms with Crippen molar-refractivity contribution in [2.75, 3.05) is 26.6 Å². The normalized spacial score (nSPS) is 11.8. The Morgan fingerprint density at radius 2 is 1.34 bits per heavy atom. The summed E-state index contributed by atoms with van der Waals surface area (Å²) in [7, 11) is 3.15. The summed E-state index contributed by atoms with van der Waals surface area (Å²) >= 11 is 0. The molecule has 0 aromatic heterocycles. The highest BCUT2D eigenvalue weighted by atomic mass is 28.4. The van der Waals surface area contributed by atoms with Crippen molar-refractivity contribution in [2.45, 2.75) is 51.9 Å². The molecule has 0 aliphatic rings. The molecule has 3 aromatic carbocycles. The van der Waals surface area contributed by atoms with Crippen LogP contribution in [0.15, 0.2) is 60.7 Å². The molecule has 0 amide bonds. The number of rotatable bonds is 10. The Labute approximate surface area is 211 Å². The van der Waals surface area contributed by atoms with Crippen LogP contribution < -0.4 is 19.5 Å². The molecule has 3 rings (SSSR count). The summed E-state index contributed by atoms with van der Waals surface area (Å²) in [5.41, 5.74) is 5.37. The lowest BCUT2D eigenvalue weighted by atomic mass is 10.0. The smallest absolute Gasteiger partial charge is 0.192 e. The summed E-state index contributed by atoms with van der Waals surface area (Å²) < 4.78 is 23.0. The molecule has 0 heterocycles. The molecular weight excluding hydrogens is 454 g/mol. The van der Waals surface area contributed by atoms with Crippen LogP contribution in [0.2, 0.25) is 18.1 Å². The quantitative estimate of drug-likeness (QED) is 0.295. The zero-order valence-corrected chi connectivity index (χ0v) is 23.3. The number of methoxy groups -OCH3 is 3. The maximum Gasteiger partial charge on any atom is 0.192 e. The third-order valence-corrected chi connectivity index (χ3v) is 11.3. The van der Waals surface area contributed by atoms with Crippen LogP contribution >= 0.6 is 0 Å². The third kappa shape index (κ3) is 6.80. The number of nitrogens with one attached hydrogen (secondary N) is 1. The Hall–Kier alpha value is -2.96. The number of hydrogen-bond donors (Lipinski definition) is 1. The largest absolute Gasteiger partial charge is 0.497 e. The summed E-state index contributed by atoms with van der Waals surface area (Å²) in [4.78, 5) is 0. The van der Waals surface area contributed by atoms with Gasteiger partial charge in [0.1, 0.15) is 17.2 Å². The van der Waals surface area contributed by atoms with Crippen molar-refractivity contribution in [1.82, 2.24) is 0 Å². The van der Waals surface area contributed by atoms with E-state index in [0.717, 1.165) is 46.2 Å². The number of benzene rings is 3. The van der Waals surface area contributed by atoms with E-state index in [0.29, 0.717) is 6.61 Å². The predicted molar refractivity (Wildman–Crippen MR) is 147 cm³/mol. The van der Waals surface area contributed by atoms with Gasteiger partial charge in [0, 0.05) is 23.0 Å². The van der Waals surface area contributed by atoms with Crippen molar-refractivity contribution in [3.63, 3.8) is 0 Å². The fourth-order valence-corrected chi connectivity index (χ4v) is 4.46. The fraction of sp³-hybridized carbons (Fsp3) is 0.379. The highest BCUT2D eigenvalue weighted by molar-refractivity contribution is 6.74. The number of ether oxygens (including phenoxy) is 3. The monoisotopic (exact) mass is 493 g/mol. The van der Waals surface area contributed by atoms with E-state index in [4.69, 9.17) is 18.6 Å². The highest BCUT2D eigenvalue weighted by Gasteiger charge is 2.37. The predicted octanol–water partition coefficient (Wildman–Crippen LogP) is 7.57. The summed E-state index contributed by atoms with van der Waals surface area (Å²) in [6.07, 6.45) is 0.759. The molecule has 0 atom stereocenters. The minimum Gasteiger partial charge on any atom is -0.497 e. The molecule has 3 aromatic rings. The fourth-order valence-electron chi connectivity index (χ4n) is 3.51. The average Bonchev–Trinajstić information content (AvgIpc) is 2.83. The lowest BCUT2D eigenvalue weighted by Gasteiger charge is -2.36. The van der Waals surface area contributed by atoms with Crippen molar-refractivity contribution in [2.24, 2.45) is 0 Å². The van der Waals surface area contributed by atoms with Gasteiger partial charge < -0.3 is 24.0 Å². The first kappa shape index (κ1) is 26.6. The molecule has 1 N–H and O–H groups in total. The second-order valence-corrected chi connectivity index (χ2v) is 15.1. The minimum absolute atomic E-state index is 0.135. The van der Waals surface area contributed by atoms with Crippen molar-refractivity contribution < 1.29 is 18.6 Å². The van der Waals surface area contributed by atoms with Crippen LogP contribution in [0.1, 0.15) is 37.5 Å². The Balaban J connectivity index is 1.94. The molecule has 0 aliphatic heterocycles. The summed E-state index contributed by atoms with van der Waals surface area (Å²) in [5.74, 6) is 2.46. The first-order valence-electron chi connectivity index (χ1n) is 11.9. The second-order valence-electron chi connectivity index (χ2n) is 10.2. The molecule has 0 fully saturated rings. The summed E-state index contributed by atoms with van der Waals surface area (Å²) in [5, 5.41) is 3.79. The van der Waals surface area contributed by atoms with Gasteiger partial charge in [-0.3, -0.25) is 0 Å². The molecule has 188 valence electrons. The number of hydrogen-bond acceptors (Lipinski definition) is 5. The molecule has 0 unspecified atom stereocenters. The van der Waals surface area contributed by atoms with E-state index in [1.807, 2.05) is 30.3 Å². The molecule has 35 heavy (non-hydrogen) atoms. The zero-order valence-electron chi connectivity index (χ0n) is 22.3. The van der Waals surface area contributed by atoms with Gasteiger partial charge in [-0.25, -0.2) is 0 Å². The van der Waals surface area contributed by atoms with Crippen LogP contribution in [0.5, 0.6) is 17.2 Å². The molecule has 5 nitrogen and oxygen atoms in total. The van der Waals surface area contributed by atoms with Gasteiger partial charge in [-0.2, -0.15) is 0 Å². The van der Waals surface area contributed by atoms with Crippen LogP contribution in [0.3, 0.4) is 0 Å². The minimum atomic E-state index is -1.92. The van der Waals surface area contributed by atoms with Crippen LogP contribution in [0.4, 0.5) is 11.4 Å². The third-order valence-electron chi connectivity index (χ3n) is 6.82. The van der Waals surface area contributed by atoms with Crippen molar-refractivity contribution >= 4 is 19.7 Å². The van der Waals surface area contributed by atoms with Gasteiger partial charge in [0.15, 0.2) is 8.32 Å². The Kier molecular flexibility index (Phi) is 8.51. The Bertz CT molecular complexity index is 1140. The van der Waals surface area contributed by atoms with Gasteiger partial charge in [0.05, 0.1) is 27.9 Å². The van der Waals surface area contributed by atoms with E-state index in [1.165, 1.54) is 5.56 Å². The number of anilines is 2.